The van der Waals surface area contributed by atoms with Gasteiger partial charge in [-0.15, -0.1) is 0 Å². The maximum Gasteiger partial charge on any atom is 0.162 e. The molecule has 1 aromatic carbocycles. The Kier molecular flexibility index (Phi) is 4.08. The molecule has 1 saturated carbocycles. The fourth-order valence-electron chi connectivity index (χ4n) is 2.79. The molecule has 2 heteroatoms. The lowest BCUT2D eigenvalue weighted by molar-refractivity contribution is -0.122. The highest BCUT2D eigenvalue weighted by atomic mass is 16.1. The lowest BCUT2D eigenvalue weighted by Crippen LogP contribution is -2.30. The monoisotopic (exact) mass is 257 g/mol. The standard InChI is InChI=1S/C17H23NO/c1-11(2)15-9-4-12(3)16(17(15)19)10-13-5-7-14(18)8-6-13/h5-8,10-12,15H,4,9,18H2,1-3H3/b16-10+/t12-,15+/m1/s1. The summed E-state index contributed by atoms with van der Waals surface area (Å²) in [7, 11) is 0. The SMILES string of the molecule is CC(C)[C@@H]1CC[C@@H](C)/C(=C\c2ccc(N)cc2)C1=O. The average Bonchev–Trinajstić information content (AvgIpc) is 2.36. The topological polar surface area (TPSA) is 43.1 Å². The maximum absolute atomic E-state index is 12.6. The van der Waals surface area contributed by atoms with Gasteiger partial charge in [-0.2, -0.15) is 0 Å². The van der Waals surface area contributed by atoms with E-state index >= 15 is 0 Å². The number of allylic oxidation sites excluding steroid dienone is 1. The Labute approximate surface area is 115 Å². The second kappa shape index (κ2) is 5.60. The van der Waals surface area contributed by atoms with E-state index in [1.165, 1.54) is 0 Å². The molecule has 0 heterocycles. The summed E-state index contributed by atoms with van der Waals surface area (Å²) in [5.74, 6) is 1.32. The molecule has 0 aromatic heterocycles. The first-order chi connectivity index (χ1) is 8.99. The van der Waals surface area contributed by atoms with Gasteiger partial charge in [0.25, 0.3) is 0 Å². The molecule has 0 spiro atoms. The van der Waals surface area contributed by atoms with E-state index in [0.29, 0.717) is 17.6 Å². The van der Waals surface area contributed by atoms with Crippen LogP contribution >= 0.6 is 0 Å². The number of nitrogen functional groups attached to an aromatic ring is 1. The van der Waals surface area contributed by atoms with Crippen molar-refractivity contribution in [2.45, 2.75) is 33.6 Å². The highest BCUT2D eigenvalue weighted by Gasteiger charge is 2.32. The molecular formula is C17H23NO. The van der Waals surface area contributed by atoms with Crippen molar-refractivity contribution in [1.29, 1.82) is 0 Å². The van der Waals surface area contributed by atoms with Crippen molar-refractivity contribution in [3.05, 3.63) is 35.4 Å². The molecule has 2 atom stereocenters. The van der Waals surface area contributed by atoms with Gasteiger partial charge in [0.2, 0.25) is 0 Å². The number of carbonyl (C=O) groups is 1. The van der Waals surface area contributed by atoms with Crippen molar-refractivity contribution in [1.82, 2.24) is 0 Å². The minimum atomic E-state index is 0.191. The molecule has 0 bridgehead atoms. The number of ketones is 1. The van der Waals surface area contributed by atoms with E-state index in [-0.39, 0.29) is 5.92 Å². The van der Waals surface area contributed by atoms with Gasteiger partial charge in [-0.1, -0.05) is 32.9 Å². The van der Waals surface area contributed by atoms with Crippen LogP contribution in [0.3, 0.4) is 0 Å². The van der Waals surface area contributed by atoms with E-state index in [0.717, 1.165) is 29.7 Å². The lowest BCUT2D eigenvalue weighted by Gasteiger charge is -2.30. The summed E-state index contributed by atoms with van der Waals surface area (Å²) in [5, 5.41) is 0. The van der Waals surface area contributed by atoms with Crippen LogP contribution in [0.2, 0.25) is 0 Å². The minimum Gasteiger partial charge on any atom is -0.399 e. The predicted molar refractivity (Wildman–Crippen MR) is 80.6 cm³/mol. The van der Waals surface area contributed by atoms with Gasteiger partial charge in [0, 0.05) is 11.6 Å². The van der Waals surface area contributed by atoms with Crippen molar-refractivity contribution in [3.63, 3.8) is 0 Å². The first-order valence-electron chi connectivity index (χ1n) is 7.10. The largest absolute Gasteiger partial charge is 0.399 e. The maximum atomic E-state index is 12.6. The van der Waals surface area contributed by atoms with Crippen LogP contribution in [0.5, 0.6) is 0 Å². The van der Waals surface area contributed by atoms with E-state index in [4.69, 9.17) is 5.73 Å². The summed E-state index contributed by atoms with van der Waals surface area (Å²) in [6.45, 7) is 6.43. The summed E-state index contributed by atoms with van der Waals surface area (Å²) < 4.78 is 0. The number of Topliss-reactive ketones (excluding diaryl/α,β-unsaturated/α-hetero) is 1. The van der Waals surface area contributed by atoms with E-state index < -0.39 is 0 Å². The molecular weight excluding hydrogens is 234 g/mol. The molecule has 1 aromatic rings. The third-order valence-electron chi connectivity index (χ3n) is 4.13. The number of nitrogens with two attached hydrogens (primary N) is 1. The molecule has 0 radical (unpaired) electrons. The van der Waals surface area contributed by atoms with Crippen molar-refractivity contribution >= 4 is 17.5 Å². The average molecular weight is 257 g/mol. The van der Waals surface area contributed by atoms with E-state index in [1.807, 2.05) is 30.3 Å². The molecule has 0 unspecified atom stereocenters. The summed E-state index contributed by atoms with van der Waals surface area (Å²) in [5.41, 5.74) is 8.49. The van der Waals surface area contributed by atoms with Crippen LogP contribution in [0.15, 0.2) is 29.8 Å². The fraction of sp³-hybridized carbons (Fsp3) is 0.471. The van der Waals surface area contributed by atoms with Crippen LogP contribution in [0.1, 0.15) is 39.2 Å². The molecule has 0 aliphatic heterocycles. The Hall–Kier alpha value is -1.57. The zero-order valence-electron chi connectivity index (χ0n) is 12.0. The molecule has 1 aliphatic carbocycles. The quantitative estimate of drug-likeness (QED) is 0.644. The van der Waals surface area contributed by atoms with E-state index in [9.17, 15) is 4.79 Å². The third-order valence-corrected chi connectivity index (χ3v) is 4.13. The predicted octanol–water partition coefficient (Wildman–Crippen LogP) is 3.92. The fourth-order valence-corrected chi connectivity index (χ4v) is 2.79. The van der Waals surface area contributed by atoms with Gasteiger partial charge in [-0.25, -0.2) is 0 Å². The Morgan fingerprint density at radius 3 is 2.42 bits per heavy atom. The zero-order valence-corrected chi connectivity index (χ0v) is 12.0. The van der Waals surface area contributed by atoms with Gasteiger partial charge < -0.3 is 5.73 Å². The van der Waals surface area contributed by atoms with Crippen molar-refractivity contribution in [3.8, 4) is 0 Å². The van der Waals surface area contributed by atoms with Crippen molar-refractivity contribution in [2.75, 3.05) is 5.73 Å². The van der Waals surface area contributed by atoms with E-state index in [2.05, 4.69) is 20.8 Å². The minimum absolute atomic E-state index is 0.191. The summed E-state index contributed by atoms with van der Waals surface area (Å²) in [6.07, 6.45) is 4.17. The van der Waals surface area contributed by atoms with Crippen LogP contribution in [0, 0.1) is 17.8 Å². The smallest absolute Gasteiger partial charge is 0.162 e. The summed E-state index contributed by atoms with van der Waals surface area (Å²) in [6, 6.07) is 7.71. The Morgan fingerprint density at radius 2 is 1.84 bits per heavy atom. The normalized spacial score (nSPS) is 26.1. The van der Waals surface area contributed by atoms with Crippen LogP contribution < -0.4 is 5.73 Å². The first-order valence-corrected chi connectivity index (χ1v) is 7.10. The van der Waals surface area contributed by atoms with E-state index in [1.54, 1.807) is 0 Å². The number of benzene rings is 1. The Balaban J connectivity index is 2.29. The van der Waals surface area contributed by atoms with Gasteiger partial charge in [-0.3, -0.25) is 4.79 Å². The Bertz CT molecular complexity index is 484. The third kappa shape index (κ3) is 3.06. The van der Waals surface area contributed by atoms with Crippen LogP contribution in [0.25, 0.3) is 6.08 Å². The molecule has 2 nitrogen and oxygen atoms in total. The second-order valence-corrected chi connectivity index (χ2v) is 5.96. The number of hydrogen-bond acceptors (Lipinski definition) is 2. The molecule has 0 amide bonds. The van der Waals surface area contributed by atoms with Crippen LogP contribution in [-0.4, -0.2) is 5.78 Å². The first kappa shape index (κ1) is 13.9. The molecule has 1 aliphatic rings. The van der Waals surface area contributed by atoms with Crippen LogP contribution in [-0.2, 0) is 4.79 Å². The number of anilines is 1. The molecule has 2 rings (SSSR count). The highest BCUT2D eigenvalue weighted by molar-refractivity contribution is 6.02. The van der Waals surface area contributed by atoms with Crippen molar-refractivity contribution < 1.29 is 4.79 Å². The molecule has 102 valence electrons. The van der Waals surface area contributed by atoms with Crippen LogP contribution in [0.4, 0.5) is 5.69 Å². The van der Waals surface area contributed by atoms with Gasteiger partial charge in [0.15, 0.2) is 5.78 Å². The Morgan fingerprint density at radius 1 is 1.21 bits per heavy atom. The number of rotatable bonds is 2. The van der Waals surface area contributed by atoms with Gasteiger partial charge in [-0.05, 0) is 54.0 Å². The lowest BCUT2D eigenvalue weighted by atomic mass is 9.73. The molecule has 1 fully saturated rings. The zero-order chi connectivity index (χ0) is 14.0. The van der Waals surface area contributed by atoms with Gasteiger partial charge in [0.1, 0.15) is 0 Å². The summed E-state index contributed by atoms with van der Waals surface area (Å²) >= 11 is 0. The second-order valence-electron chi connectivity index (χ2n) is 5.96. The number of carbonyl (C=O) groups excluding carboxylic acids is 1. The number of hydrogen-bond donors (Lipinski definition) is 1. The molecule has 0 saturated heterocycles. The molecule has 19 heavy (non-hydrogen) atoms. The summed E-state index contributed by atoms with van der Waals surface area (Å²) in [4.78, 5) is 12.6. The van der Waals surface area contributed by atoms with Gasteiger partial charge >= 0.3 is 0 Å². The van der Waals surface area contributed by atoms with Gasteiger partial charge in [0.05, 0.1) is 0 Å². The van der Waals surface area contributed by atoms with Crippen molar-refractivity contribution in [2.24, 2.45) is 17.8 Å². The molecule has 2 N–H and O–H groups in total. The highest BCUT2D eigenvalue weighted by Crippen LogP contribution is 2.35.